The monoisotopic (exact) mass is 163 g/mol. The SMILES string of the molecule is c1ccc(-c2csnn2)nc1. The van der Waals surface area contributed by atoms with E-state index in [1.54, 1.807) is 6.20 Å². The van der Waals surface area contributed by atoms with Crippen molar-refractivity contribution in [3.8, 4) is 11.4 Å². The van der Waals surface area contributed by atoms with E-state index in [9.17, 15) is 0 Å². The molecule has 3 nitrogen and oxygen atoms in total. The Kier molecular flexibility index (Phi) is 1.61. The first kappa shape index (κ1) is 6.42. The van der Waals surface area contributed by atoms with E-state index in [2.05, 4.69) is 14.6 Å². The first-order valence-electron chi connectivity index (χ1n) is 3.15. The molecule has 0 saturated carbocycles. The maximum absolute atomic E-state index is 4.13. The zero-order chi connectivity index (χ0) is 7.52. The lowest BCUT2D eigenvalue weighted by molar-refractivity contribution is 1.14. The van der Waals surface area contributed by atoms with Crippen LogP contribution in [0.25, 0.3) is 11.4 Å². The quantitative estimate of drug-likeness (QED) is 0.641. The van der Waals surface area contributed by atoms with E-state index in [0.717, 1.165) is 11.4 Å². The third kappa shape index (κ3) is 1.25. The second kappa shape index (κ2) is 2.75. The summed E-state index contributed by atoms with van der Waals surface area (Å²) in [5.74, 6) is 0. The van der Waals surface area contributed by atoms with Gasteiger partial charge in [-0.3, -0.25) is 4.98 Å². The van der Waals surface area contributed by atoms with Crippen molar-refractivity contribution in [1.29, 1.82) is 0 Å². The van der Waals surface area contributed by atoms with Crippen LogP contribution in [0.1, 0.15) is 0 Å². The molecule has 0 amide bonds. The molecular weight excluding hydrogens is 158 g/mol. The van der Waals surface area contributed by atoms with Crippen LogP contribution in [0.15, 0.2) is 29.8 Å². The zero-order valence-corrected chi connectivity index (χ0v) is 6.45. The van der Waals surface area contributed by atoms with Crippen LogP contribution in [0.2, 0.25) is 0 Å². The van der Waals surface area contributed by atoms with E-state index < -0.39 is 0 Å². The molecule has 0 aliphatic carbocycles. The van der Waals surface area contributed by atoms with E-state index in [0.29, 0.717) is 0 Å². The Balaban J connectivity index is 2.46. The number of nitrogens with zero attached hydrogens (tertiary/aromatic N) is 3. The average Bonchev–Trinajstić information content (AvgIpc) is 2.58. The van der Waals surface area contributed by atoms with Crippen LogP contribution in [-0.4, -0.2) is 14.6 Å². The van der Waals surface area contributed by atoms with Crippen LogP contribution in [-0.2, 0) is 0 Å². The molecule has 2 aromatic rings. The summed E-state index contributed by atoms with van der Waals surface area (Å²) in [6.07, 6.45) is 1.74. The van der Waals surface area contributed by atoms with Crippen molar-refractivity contribution >= 4 is 11.5 Å². The van der Waals surface area contributed by atoms with Gasteiger partial charge in [0.15, 0.2) is 0 Å². The van der Waals surface area contributed by atoms with Crippen molar-refractivity contribution < 1.29 is 0 Å². The lowest BCUT2D eigenvalue weighted by Crippen LogP contribution is -1.80. The standard InChI is InChI=1S/C7H5N3S/c1-2-4-8-6(3-1)7-5-11-10-9-7/h1-5H. The minimum Gasteiger partial charge on any atom is -0.255 e. The zero-order valence-electron chi connectivity index (χ0n) is 5.64. The predicted molar refractivity (Wildman–Crippen MR) is 43.1 cm³/mol. The molecule has 4 heteroatoms. The fourth-order valence-corrected chi connectivity index (χ4v) is 1.24. The van der Waals surface area contributed by atoms with Crippen LogP contribution < -0.4 is 0 Å². The van der Waals surface area contributed by atoms with Gasteiger partial charge in [0.05, 0.1) is 5.69 Å². The van der Waals surface area contributed by atoms with Gasteiger partial charge in [-0.15, -0.1) is 5.10 Å². The molecular formula is C7H5N3S. The largest absolute Gasteiger partial charge is 0.255 e. The van der Waals surface area contributed by atoms with Gasteiger partial charge in [-0.25, -0.2) is 0 Å². The normalized spacial score (nSPS) is 9.82. The number of hydrogen-bond donors (Lipinski definition) is 0. The highest BCUT2D eigenvalue weighted by atomic mass is 32.1. The minimum atomic E-state index is 0.843. The summed E-state index contributed by atoms with van der Waals surface area (Å²) < 4.78 is 3.75. The Morgan fingerprint density at radius 1 is 1.18 bits per heavy atom. The van der Waals surface area contributed by atoms with Gasteiger partial charge in [0.2, 0.25) is 0 Å². The molecule has 0 aromatic carbocycles. The molecule has 0 bridgehead atoms. The van der Waals surface area contributed by atoms with Crippen LogP contribution in [0.5, 0.6) is 0 Å². The van der Waals surface area contributed by atoms with Crippen molar-refractivity contribution in [3.63, 3.8) is 0 Å². The number of rotatable bonds is 1. The lowest BCUT2D eigenvalue weighted by atomic mass is 10.3. The average molecular weight is 163 g/mol. The topological polar surface area (TPSA) is 38.7 Å². The van der Waals surface area contributed by atoms with Gasteiger partial charge in [0, 0.05) is 11.6 Å². The van der Waals surface area contributed by atoms with Gasteiger partial charge < -0.3 is 0 Å². The van der Waals surface area contributed by atoms with E-state index in [1.165, 1.54) is 11.5 Å². The van der Waals surface area contributed by atoms with Crippen molar-refractivity contribution in [2.24, 2.45) is 0 Å². The van der Waals surface area contributed by atoms with E-state index in [-0.39, 0.29) is 0 Å². The molecule has 0 spiro atoms. The summed E-state index contributed by atoms with van der Waals surface area (Å²) in [6, 6.07) is 5.72. The minimum absolute atomic E-state index is 0.843. The fourth-order valence-electron chi connectivity index (χ4n) is 0.790. The summed E-state index contributed by atoms with van der Waals surface area (Å²) in [4.78, 5) is 4.13. The molecule has 0 aliphatic heterocycles. The highest BCUT2D eigenvalue weighted by Gasteiger charge is 1.98. The molecule has 2 heterocycles. The Hall–Kier alpha value is -1.29. The van der Waals surface area contributed by atoms with Gasteiger partial charge in [0.1, 0.15) is 5.69 Å². The van der Waals surface area contributed by atoms with E-state index >= 15 is 0 Å². The molecule has 2 rings (SSSR count). The Morgan fingerprint density at radius 3 is 2.82 bits per heavy atom. The molecule has 0 unspecified atom stereocenters. The number of aromatic nitrogens is 3. The molecule has 0 aliphatic rings. The molecule has 0 atom stereocenters. The maximum atomic E-state index is 4.13. The lowest BCUT2D eigenvalue weighted by Gasteiger charge is -1.89. The third-order valence-electron chi connectivity index (χ3n) is 1.29. The highest BCUT2D eigenvalue weighted by Crippen LogP contribution is 2.12. The van der Waals surface area contributed by atoms with Crippen LogP contribution in [0.4, 0.5) is 0 Å². The summed E-state index contributed by atoms with van der Waals surface area (Å²) in [5, 5.41) is 5.77. The smallest absolute Gasteiger partial charge is 0.124 e. The van der Waals surface area contributed by atoms with Crippen LogP contribution in [0.3, 0.4) is 0 Å². The van der Waals surface area contributed by atoms with Crippen molar-refractivity contribution in [1.82, 2.24) is 14.6 Å². The fraction of sp³-hybridized carbons (Fsp3) is 0. The van der Waals surface area contributed by atoms with Crippen molar-refractivity contribution in [2.75, 3.05) is 0 Å². The number of pyridine rings is 1. The summed E-state index contributed by atoms with van der Waals surface area (Å²) >= 11 is 1.33. The molecule has 0 radical (unpaired) electrons. The second-order valence-corrected chi connectivity index (χ2v) is 2.61. The molecule has 0 N–H and O–H groups in total. The van der Waals surface area contributed by atoms with Crippen LogP contribution in [0, 0.1) is 0 Å². The van der Waals surface area contributed by atoms with E-state index in [1.807, 2.05) is 23.6 Å². The molecule has 0 fully saturated rings. The van der Waals surface area contributed by atoms with Crippen molar-refractivity contribution in [2.45, 2.75) is 0 Å². The van der Waals surface area contributed by atoms with Crippen LogP contribution >= 0.6 is 11.5 Å². The third-order valence-corrected chi connectivity index (χ3v) is 1.79. The Bertz CT molecular complexity index is 317. The highest BCUT2D eigenvalue weighted by molar-refractivity contribution is 7.03. The predicted octanol–water partition coefficient (Wildman–Crippen LogP) is 1.60. The van der Waals surface area contributed by atoms with Gasteiger partial charge in [-0.2, -0.15) is 0 Å². The first-order valence-corrected chi connectivity index (χ1v) is 3.99. The molecule has 0 saturated heterocycles. The summed E-state index contributed by atoms with van der Waals surface area (Å²) in [7, 11) is 0. The van der Waals surface area contributed by atoms with Gasteiger partial charge in [-0.1, -0.05) is 10.6 Å². The van der Waals surface area contributed by atoms with E-state index in [4.69, 9.17) is 0 Å². The molecule has 2 aromatic heterocycles. The first-order chi connectivity index (χ1) is 5.47. The van der Waals surface area contributed by atoms with Gasteiger partial charge in [-0.05, 0) is 23.7 Å². The molecule has 11 heavy (non-hydrogen) atoms. The van der Waals surface area contributed by atoms with Crippen molar-refractivity contribution in [3.05, 3.63) is 29.8 Å². The number of hydrogen-bond acceptors (Lipinski definition) is 4. The second-order valence-electron chi connectivity index (χ2n) is 2.01. The van der Waals surface area contributed by atoms with Gasteiger partial charge in [0.25, 0.3) is 0 Å². The Labute approximate surface area is 67.9 Å². The summed E-state index contributed by atoms with van der Waals surface area (Å²) in [6.45, 7) is 0. The Morgan fingerprint density at radius 2 is 2.18 bits per heavy atom. The summed E-state index contributed by atoms with van der Waals surface area (Å²) in [5.41, 5.74) is 1.72. The van der Waals surface area contributed by atoms with Gasteiger partial charge >= 0.3 is 0 Å². The molecule has 54 valence electrons. The maximum Gasteiger partial charge on any atom is 0.124 e.